The number of H-pyrrole nitrogens is 1. The molecule has 0 saturated heterocycles. The van der Waals surface area contributed by atoms with Crippen molar-refractivity contribution in [1.29, 1.82) is 0 Å². The predicted octanol–water partition coefficient (Wildman–Crippen LogP) is 3.97. The number of aromatic amines is 1. The molecule has 0 aliphatic heterocycles. The highest BCUT2D eigenvalue weighted by Gasteiger charge is 2.18. The van der Waals surface area contributed by atoms with Crippen LogP contribution in [-0.2, 0) is 6.42 Å². The third kappa shape index (κ3) is 2.21. The number of hydrogen-bond donors (Lipinski definition) is 1. The summed E-state index contributed by atoms with van der Waals surface area (Å²) in [5.41, 5.74) is 3.38. The van der Waals surface area contributed by atoms with Crippen LogP contribution >= 0.6 is 0 Å². The van der Waals surface area contributed by atoms with Crippen LogP contribution in [0, 0.1) is 0 Å². The number of rotatable bonds is 4. The topological polar surface area (TPSA) is 42.1 Å². The van der Waals surface area contributed by atoms with Gasteiger partial charge in [-0.25, -0.2) is 0 Å². The molecule has 0 fully saturated rings. The third-order valence-corrected chi connectivity index (χ3v) is 3.78. The van der Waals surface area contributed by atoms with Crippen LogP contribution in [0.15, 0.2) is 48.7 Å². The highest BCUT2D eigenvalue weighted by atomic mass is 16.5. The van der Waals surface area contributed by atoms with Crippen molar-refractivity contribution in [3.63, 3.8) is 0 Å². The summed E-state index contributed by atoms with van der Waals surface area (Å²) in [6.45, 7) is 2.06. The summed E-state index contributed by atoms with van der Waals surface area (Å²) in [5, 5.41) is 0.843. The Labute approximate surface area is 123 Å². The van der Waals surface area contributed by atoms with Gasteiger partial charge in [-0.1, -0.05) is 37.3 Å². The predicted molar refractivity (Wildman–Crippen MR) is 84.1 cm³/mol. The lowest BCUT2D eigenvalue weighted by molar-refractivity contribution is 0.103. The quantitative estimate of drug-likeness (QED) is 0.734. The summed E-state index contributed by atoms with van der Waals surface area (Å²) in [6, 6.07) is 13.5. The van der Waals surface area contributed by atoms with Gasteiger partial charge in [0.25, 0.3) is 0 Å². The van der Waals surface area contributed by atoms with Crippen LogP contribution in [0.1, 0.15) is 28.4 Å². The van der Waals surface area contributed by atoms with Gasteiger partial charge in [-0.05, 0) is 24.1 Å². The molecule has 3 aromatic rings. The van der Waals surface area contributed by atoms with E-state index >= 15 is 0 Å². The minimum absolute atomic E-state index is 0.0307. The molecule has 0 saturated carbocycles. The normalized spacial score (nSPS) is 10.8. The first-order valence-corrected chi connectivity index (χ1v) is 7.03. The van der Waals surface area contributed by atoms with Crippen LogP contribution in [0.25, 0.3) is 10.9 Å². The zero-order valence-corrected chi connectivity index (χ0v) is 12.1. The van der Waals surface area contributed by atoms with Crippen molar-refractivity contribution in [2.45, 2.75) is 13.3 Å². The molecule has 106 valence electrons. The lowest BCUT2D eigenvalue weighted by Crippen LogP contribution is -2.04. The Morgan fingerprint density at radius 3 is 2.67 bits per heavy atom. The molecule has 3 heteroatoms. The van der Waals surface area contributed by atoms with Gasteiger partial charge in [-0.3, -0.25) is 4.79 Å². The molecule has 0 amide bonds. The van der Waals surface area contributed by atoms with Crippen molar-refractivity contribution in [1.82, 2.24) is 4.98 Å². The van der Waals surface area contributed by atoms with Crippen LogP contribution in [0.3, 0.4) is 0 Å². The van der Waals surface area contributed by atoms with Gasteiger partial charge in [0.05, 0.1) is 18.1 Å². The Balaban J connectivity index is 2.18. The zero-order valence-electron chi connectivity index (χ0n) is 12.1. The SMILES string of the molecule is CCc1ccccc1C(=O)c1c[nH]c2cccc(OC)c12. The van der Waals surface area contributed by atoms with Crippen LogP contribution in [0.4, 0.5) is 0 Å². The molecule has 0 atom stereocenters. The summed E-state index contributed by atoms with van der Waals surface area (Å²) >= 11 is 0. The molecular formula is C18H17NO2. The summed E-state index contributed by atoms with van der Waals surface area (Å²) in [7, 11) is 1.62. The van der Waals surface area contributed by atoms with E-state index < -0.39 is 0 Å². The Hall–Kier alpha value is -2.55. The van der Waals surface area contributed by atoms with Gasteiger partial charge in [0, 0.05) is 17.3 Å². The van der Waals surface area contributed by atoms with Gasteiger partial charge in [0.2, 0.25) is 0 Å². The number of nitrogens with one attached hydrogen (secondary N) is 1. The van der Waals surface area contributed by atoms with E-state index in [2.05, 4.69) is 11.9 Å². The second-order valence-electron chi connectivity index (χ2n) is 4.93. The average Bonchev–Trinajstić information content (AvgIpc) is 2.98. The number of ether oxygens (including phenoxy) is 1. The summed E-state index contributed by atoms with van der Waals surface area (Å²) in [6.07, 6.45) is 2.60. The molecule has 0 aliphatic carbocycles. The molecule has 0 bridgehead atoms. The van der Waals surface area contributed by atoms with E-state index in [0.717, 1.165) is 28.5 Å². The lowest BCUT2D eigenvalue weighted by atomic mass is 9.96. The Morgan fingerprint density at radius 2 is 1.90 bits per heavy atom. The number of carbonyl (C=O) groups is 1. The third-order valence-electron chi connectivity index (χ3n) is 3.78. The van der Waals surface area contributed by atoms with Gasteiger partial charge in [-0.2, -0.15) is 0 Å². The molecule has 0 unspecified atom stereocenters. The smallest absolute Gasteiger partial charge is 0.195 e. The first kappa shape index (κ1) is 13.4. The van der Waals surface area contributed by atoms with E-state index in [-0.39, 0.29) is 5.78 Å². The summed E-state index contributed by atoms with van der Waals surface area (Å²) in [5.74, 6) is 0.745. The number of methoxy groups -OCH3 is 1. The second kappa shape index (κ2) is 5.44. The maximum absolute atomic E-state index is 12.9. The number of ketones is 1. The highest BCUT2D eigenvalue weighted by Crippen LogP contribution is 2.30. The number of carbonyl (C=O) groups excluding carboxylic acids is 1. The van der Waals surface area contributed by atoms with Crippen LogP contribution in [-0.4, -0.2) is 17.9 Å². The van der Waals surface area contributed by atoms with Gasteiger partial charge in [-0.15, -0.1) is 0 Å². The molecule has 21 heavy (non-hydrogen) atoms. The minimum Gasteiger partial charge on any atom is -0.496 e. The summed E-state index contributed by atoms with van der Waals surface area (Å²) in [4.78, 5) is 16.0. The molecule has 1 N–H and O–H groups in total. The number of hydrogen-bond acceptors (Lipinski definition) is 2. The van der Waals surface area contributed by atoms with Gasteiger partial charge >= 0.3 is 0 Å². The fourth-order valence-electron chi connectivity index (χ4n) is 2.70. The van der Waals surface area contributed by atoms with E-state index in [9.17, 15) is 4.79 Å². The number of aryl methyl sites for hydroxylation is 1. The Morgan fingerprint density at radius 1 is 1.10 bits per heavy atom. The van der Waals surface area contributed by atoms with Crippen molar-refractivity contribution in [3.8, 4) is 5.75 Å². The molecule has 3 rings (SSSR count). The van der Waals surface area contributed by atoms with E-state index in [0.29, 0.717) is 11.3 Å². The molecule has 0 radical (unpaired) electrons. The number of benzene rings is 2. The van der Waals surface area contributed by atoms with Crippen molar-refractivity contribution >= 4 is 16.7 Å². The zero-order chi connectivity index (χ0) is 14.8. The molecule has 3 nitrogen and oxygen atoms in total. The van der Waals surface area contributed by atoms with Crippen molar-refractivity contribution in [2.75, 3.05) is 7.11 Å². The van der Waals surface area contributed by atoms with Gasteiger partial charge in [0.15, 0.2) is 5.78 Å². The van der Waals surface area contributed by atoms with Crippen LogP contribution in [0.2, 0.25) is 0 Å². The van der Waals surface area contributed by atoms with E-state index in [1.165, 1.54) is 0 Å². The fraction of sp³-hybridized carbons (Fsp3) is 0.167. The maximum Gasteiger partial charge on any atom is 0.195 e. The van der Waals surface area contributed by atoms with Crippen LogP contribution in [0.5, 0.6) is 5.75 Å². The van der Waals surface area contributed by atoms with Crippen molar-refractivity contribution in [2.24, 2.45) is 0 Å². The number of aromatic nitrogens is 1. The lowest BCUT2D eigenvalue weighted by Gasteiger charge is -2.07. The molecule has 1 aromatic heterocycles. The van der Waals surface area contributed by atoms with Crippen molar-refractivity contribution in [3.05, 3.63) is 65.4 Å². The first-order valence-electron chi connectivity index (χ1n) is 7.03. The monoisotopic (exact) mass is 279 g/mol. The fourth-order valence-corrected chi connectivity index (χ4v) is 2.70. The molecular weight excluding hydrogens is 262 g/mol. The molecule has 0 spiro atoms. The second-order valence-corrected chi connectivity index (χ2v) is 4.93. The molecule has 1 heterocycles. The first-order chi connectivity index (χ1) is 10.3. The highest BCUT2D eigenvalue weighted by molar-refractivity contribution is 6.18. The minimum atomic E-state index is 0.0307. The standard InChI is InChI=1S/C18H17NO2/c1-3-12-7-4-5-8-13(12)18(20)14-11-19-15-9-6-10-16(21-2)17(14)15/h4-11,19H,3H2,1-2H3. The number of fused-ring (bicyclic) bond motifs is 1. The van der Waals surface area contributed by atoms with Gasteiger partial charge in [0.1, 0.15) is 5.75 Å². The van der Waals surface area contributed by atoms with Gasteiger partial charge < -0.3 is 9.72 Å². The Bertz CT molecular complexity index is 802. The van der Waals surface area contributed by atoms with E-state index in [1.807, 2.05) is 42.5 Å². The van der Waals surface area contributed by atoms with E-state index in [1.54, 1.807) is 13.3 Å². The van der Waals surface area contributed by atoms with E-state index in [4.69, 9.17) is 4.74 Å². The molecule has 0 aliphatic rings. The van der Waals surface area contributed by atoms with Crippen molar-refractivity contribution < 1.29 is 9.53 Å². The summed E-state index contributed by atoms with van der Waals surface area (Å²) < 4.78 is 5.40. The largest absolute Gasteiger partial charge is 0.496 e. The van der Waals surface area contributed by atoms with Crippen LogP contribution < -0.4 is 4.74 Å². The average molecular weight is 279 g/mol. The maximum atomic E-state index is 12.9. The Kier molecular flexibility index (Phi) is 3.48. The molecule has 2 aromatic carbocycles.